The molecule has 0 spiro atoms. The van der Waals surface area contributed by atoms with Crippen molar-refractivity contribution < 1.29 is 18.0 Å². The number of hydrogen-bond donors (Lipinski definition) is 1. The maximum Gasteiger partial charge on any atom is 0.416 e. The number of nitrogens with zero attached hydrogens (tertiary/aromatic N) is 2. The van der Waals surface area contributed by atoms with Crippen LogP contribution in [0.2, 0.25) is 5.02 Å². The lowest BCUT2D eigenvalue weighted by molar-refractivity contribution is -0.137. The zero-order valence-electron chi connectivity index (χ0n) is 18.4. The van der Waals surface area contributed by atoms with Crippen LogP contribution in [0, 0.1) is 0 Å². The van der Waals surface area contributed by atoms with Gasteiger partial charge in [-0.05, 0) is 42.3 Å². The average molecular weight is 488 g/mol. The molecule has 0 radical (unpaired) electrons. The molecule has 1 unspecified atom stereocenters. The molecule has 0 saturated carbocycles. The maximum atomic E-state index is 13.6. The summed E-state index contributed by atoms with van der Waals surface area (Å²) in [6, 6.07) is 10.7. The molecule has 0 saturated heterocycles. The summed E-state index contributed by atoms with van der Waals surface area (Å²) in [6.45, 7) is 2.20. The van der Waals surface area contributed by atoms with Crippen LogP contribution in [0.1, 0.15) is 41.6 Å². The number of amides is 1. The number of rotatable bonds is 4. The van der Waals surface area contributed by atoms with Gasteiger partial charge in [-0.25, -0.2) is 0 Å². The summed E-state index contributed by atoms with van der Waals surface area (Å²) in [6.07, 6.45) is -3.04. The molecule has 1 atom stereocenters. The third-order valence-electron chi connectivity index (χ3n) is 5.67. The van der Waals surface area contributed by atoms with E-state index >= 15 is 0 Å². The third kappa shape index (κ3) is 4.63. The molecular weight excluding hydrogens is 467 g/mol. The smallest absolute Gasteiger partial charge is 0.356 e. The zero-order chi connectivity index (χ0) is 24.6. The molecule has 3 aromatic rings. The highest BCUT2D eigenvalue weighted by atomic mass is 35.5. The van der Waals surface area contributed by atoms with Crippen LogP contribution in [0.3, 0.4) is 0 Å². The van der Waals surface area contributed by atoms with Crippen molar-refractivity contribution in [3.05, 3.63) is 92.4 Å². The summed E-state index contributed by atoms with van der Waals surface area (Å²) in [5.41, 5.74) is 1.50. The van der Waals surface area contributed by atoms with Gasteiger partial charge in [0.25, 0.3) is 5.56 Å². The number of fused-ring (bicyclic) bond motifs is 3. The van der Waals surface area contributed by atoms with E-state index in [1.165, 1.54) is 16.7 Å². The standard InChI is InChI=1S/C25H21ClF3N3O2/c1-3-30-22(33)12-21-18-11-23(34)32(2)13-20(18)17-9-6-15(25(27,28)29)10-19(17)24(31-21)14-4-7-16(26)8-5-14/h4-11,13,21H,3,12H2,1-2H3,(H,30,33). The molecule has 1 aliphatic heterocycles. The molecule has 9 heteroatoms. The molecule has 1 aliphatic rings. The van der Waals surface area contributed by atoms with Gasteiger partial charge in [0.1, 0.15) is 0 Å². The fourth-order valence-electron chi connectivity index (χ4n) is 4.03. The van der Waals surface area contributed by atoms with E-state index in [0.717, 1.165) is 12.1 Å². The van der Waals surface area contributed by atoms with Crippen molar-refractivity contribution in [3.8, 4) is 11.1 Å². The molecule has 1 amide bonds. The molecule has 176 valence electrons. The number of aliphatic imine (C=N–C) groups is 1. The van der Waals surface area contributed by atoms with Gasteiger partial charge >= 0.3 is 6.18 Å². The molecule has 0 aliphatic carbocycles. The van der Waals surface area contributed by atoms with E-state index in [1.54, 1.807) is 44.4 Å². The predicted molar refractivity (Wildman–Crippen MR) is 125 cm³/mol. The highest BCUT2D eigenvalue weighted by Crippen LogP contribution is 2.40. The Bertz CT molecular complexity index is 1340. The Kier molecular flexibility index (Phi) is 6.36. The van der Waals surface area contributed by atoms with Gasteiger partial charge in [0.15, 0.2) is 0 Å². The monoisotopic (exact) mass is 487 g/mol. The Hall–Kier alpha value is -3.39. The topological polar surface area (TPSA) is 63.5 Å². The van der Waals surface area contributed by atoms with Crippen LogP contribution < -0.4 is 10.9 Å². The predicted octanol–water partition coefficient (Wildman–Crippen LogP) is 5.14. The van der Waals surface area contributed by atoms with E-state index in [9.17, 15) is 22.8 Å². The quantitative estimate of drug-likeness (QED) is 0.553. The van der Waals surface area contributed by atoms with Gasteiger partial charge in [-0.2, -0.15) is 13.2 Å². The number of aryl methyl sites for hydroxylation is 1. The lowest BCUT2D eigenvalue weighted by atomic mass is 9.90. The first-order valence-electron chi connectivity index (χ1n) is 10.6. The highest BCUT2D eigenvalue weighted by molar-refractivity contribution is 6.30. The second-order valence-electron chi connectivity index (χ2n) is 8.01. The minimum Gasteiger partial charge on any atom is -0.356 e. The van der Waals surface area contributed by atoms with Crippen molar-refractivity contribution in [2.45, 2.75) is 25.6 Å². The molecule has 0 fully saturated rings. The Morgan fingerprint density at radius 1 is 1.09 bits per heavy atom. The number of hydrogen-bond acceptors (Lipinski definition) is 3. The van der Waals surface area contributed by atoms with Crippen LogP contribution in [0.25, 0.3) is 11.1 Å². The van der Waals surface area contributed by atoms with Crippen molar-refractivity contribution in [2.75, 3.05) is 6.54 Å². The first-order valence-corrected chi connectivity index (χ1v) is 11.0. The third-order valence-corrected chi connectivity index (χ3v) is 5.92. The number of alkyl halides is 3. The van der Waals surface area contributed by atoms with Crippen LogP contribution in [0.5, 0.6) is 0 Å². The number of halogens is 4. The van der Waals surface area contributed by atoms with Gasteiger partial charge in [0.2, 0.25) is 5.91 Å². The van der Waals surface area contributed by atoms with Gasteiger partial charge in [-0.1, -0.05) is 29.8 Å². The van der Waals surface area contributed by atoms with Crippen molar-refractivity contribution in [2.24, 2.45) is 12.0 Å². The minimum absolute atomic E-state index is 0.0643. The SMILES string of the molecule is CCNC(=O)CC1N=C(c2ccc(Cl)cc2)c2cc(C(F)(F)F)ccc2-c2cn(C)c(=O)cc21. The summed E-state index contributed by atoms with van der Waals surface area (Å²) in [7, 11) is 1.57. The maximum absolute atomic E-state index is 13.6. The number of benzene rings is 2. The Morgan fingerprint density at radius 3 is 2.44 bits per heavy atom. The van der Waals surface area contributed by atoms with Gasteiger partial charge in [0.05, 0.1) is 23.7 Å². The van der Waals surface area contributed by atoms with Gasteiger partial charge in [-0.15, -0.1) is 0 Å². The number of carbonyl (C=O) groups excluding carboxylic acids is 1. The van der Waals surface area contributed by atoms with E-state index in [4.69, 9.17) is 16.6 Å². The molecule has 4 rings (SSSR count). The molecule has 34 heavy (non-hydrogen) atoms. The highest BCUT2D eigenvalue weighted by Gasteiger charge is 2.34. The van der Waals surface area contributed by atoms with Crippen LogP contribution in [0.15, 0.2) is 64.5 Å². The molecule has 0 bridgehead atoms. The molecule has 2 heterocycles. The van der Waals surface area contributed by atoms with E-state index in [0.29, 0.717) is 39.5 Å². The number of aromatic nitrogens is 1. The van der Waals surface area contributed by atoms with Gasteiger partial charge in [0, 0.05) is 47.6 Å². The zero-order valence-corrected chi connectivity index (χ0v) is 19.2. The number of nitrogens with one attached hydrogen (secondary N) is 1. The molecule has 2 aromatic carbocycles. The normalized spacial score (nSPS) is 15.1. The van der Waals surface area contributed by atoms with E-state index < -0.39 is 17.8 Å². The van der Waals surface area contributed by atoms with Crippen LogP contribution in [-0.2, 0) is 18.0 Å². The van der Waals surface area contributed by atoms with Crippen molar-refractivity contribution >= 4 is 23.2 Å². The largest absolute Gasteiger partial charge is 0.416 e. The van der Waals surface area contributed by atoms with Gasteiger partial charge in [-0.3, -0.25) is 14.6 Å². The summed E-state index contributed by atoms with van der Waals surface area (Å²) < 4.78 is 42.3. The Balaban J connectivity index is 2.04. The van der Waals surface area contributed by atoms with Crippen molar-refractivity contribution in [1.82, 2.24) is 9.88 Å². The summed E-state index contributed by atoms with van der Waals surface area (Å²) in [5.74, 6) is -0.278. The Labute approximate surface area is 198 Å². The molecule has 5 nitrogen and oxygen atoms in total. The van der Waals surface area contributed by atoms with Crippen LogP contribution in [-0.4, -0.2) is 22.7 Å². The summed E-state index contributed by atoms with van der Waals surface area (Å²) >= 11 is 6.03. The molecule has 1 aromatic heterocycles. The van der Waals surface area contributed by atoms with E-state index in [-0.39, 0.29) is 23.5 Å². The van der Waals surface area contributed by atoms with Crippen molar-refractivity contribution in [1.29, 1.82) is 0 Å². The van der Waals surface area contributed by atoms with E-state index in [1.807, 2.05) is 0 Å². The summed E-state index contributed by atoms with van der Waals surface area (Å²) in [4.78, 5) is 29.8. The van der Waals surface area contributed by atoms with Crippen molar-refractivity contribution in [3.63, 3.8) is 0 Å². The minimum atomic E-state index is -4.56. The lowest BCUT2D eigenvalue weighted by Crippen LogP contribution is -2.25. The fraction of sp³-hybridized carbons (Fsp3) is 0.240. The second kappa shape index (κ2) is 9.10. The second-order valence-corrected chi connectivity index (χ2v) is 8.44. The average Bonchev–Trinajstić information content (AvgIpc) is 2.89. The lowest BCUT2D eigenvalue weighted by Gasteiger charge is -2.16. The molecule has 1 N–H and O–H groups in total. The number of pyridine rings is 1. The fourth-order valence-corrected chi connectivity index (χ4v) is 4.16. The molecular formula is C25H21ClF3N3O2. The van der Waals surface area contributed by atoms with Crippen LogP contribution in [0.4, 0.5) is 13.2 Å². The van der Waals surface area contributed by atoms with E-state index in [2.05, 4.69) is 5.32 Å². The first kappa shape index (κ1) is 23.8. The summed E-state index contributed by atoms with van der Waals surface area (Å²) in [5, 5.41) is 3.19. The van der Waals surface area contributed by atoms with Gasteiger partial charge < -0.3 is 9.88 Å². The van der Waals surface area contributed by atoms with Crippen LogP contribution >= 0.6 is 11.6 Å². The first-order chi connectivity index (χ1) is 16.1. The number of carbonyl (C=O) groups is 1. The Morgan fingerprint density at radius 2 is 1.79 bits per heavy atom.